The fourth-order valence-corrected chi connectivity index (χ4v) is 3.43. The molecule has 0 bridgehead atoms. The molecule has 3 rings (SSSR count). The monoisotopic (exact) mass is 391 g/mol. The van der Waals surface area contributed by atoms with E-state index in [0.29, 0.717) is 5.56 Å². The average molecular weight is 391 g/mol. The van der Waals surface area contributed by atoms with Crippen molar-refractivity contribution >= 4 is 29.4 Å². The summed E-state index contributed by atoms with van der Waals surface area (Å²) in [6.07, 6.45) is -0.774. The molecule has 2 aliphatic rings. The van der Waals surface area contributed by atoms with Gasteiger partial charge in [0.2, 0.25) is 5.91 Å². The first-order valence-electron chi connectivity index (χ1n) is 8.32. The van der Waals surface area contributed by atoms with Crippen LogP contribution in [0.25, 0.3) is 0 Å². The summed E-state index contributed by atoms with van der Waals surface area (Å²) in [5, 5.41) is 10.6. The van der Waals surface area contributed by atoms with E-state index in [2.05, 4.69) is 4.74 Å². The van der Waals surface area contributed by atoms with Crippen LogP contribution in [0.2, 0.25) is 0 Å². The number of hydrogen-bond donors (Lipinski definition) is 0. The minimum absolute atomic E-state index is 0.0605. The van der Waals surface area contributed by atoms with Crippen LogP contribution < -0.4 is 0 Å². The summed E-state index contributed by atoms with van der Waals surface area (Å²) < 4.78 is 9.69. The van der Waals surface area contributed by atoms with Gasteiger partial charge < -0.3 is 14.4 Å². The van der Waals surface area contributed by atoms with Crippen molar-refractivity contribution in [1.29, 1.82) is 0 Å². The van der Waals surface area contributed by atoms with E-state index < -0.39 is 46.8 Å². The number of methoxy groups -OCH3 is 1. The molecule has 2 fully saturated rings. The summed E-state index contributed by atoms with van der Waals surface area (Å²) in [5.74, 6) is -1.87. The fraction of sp³-hybridized carbons (Fsp3) is 0.412. The molecule has 11 nitrogen and oxygen atoms in total. The molecule has 1 aromatic carbocycles. The highest BCUT2D eigenvalue weighted by Crippen LogP contribution is 2.36. The fourth-order valence-electron chi connectivity index (χ4n) is 3.43. The minimum atomic E-state index is -1.35. The second-order valence-electron chi connectivity index (χ2n) is 6.44. The zero-order valence-electron chi connectivity index (χ0n) is 15.1. The number of amides is 2. The van der Waals surface area contributed by atoms with Gasteiger partial charge in [0.05, 0.1) is 18.1 Å². The molecule has 148 valence electrons. The number of rotatable bonds is 5. The number of fused-ring (bicyclic) bond motifs is 1. The van der Waals surface area contributed by atoms with Gasteiger partial charge in [0, 0.05) is 25.6 Å². The van der Waals surface area contributed by atoms with Crippen LogP contribution in [0.4, 0.5) is 10.5 Å². The normalized spacial score (nSPS) is 22.9. The van der Waals surface area contributed by atoms with Crippen molar-refractivity contribution in [3.05, 3.63) is 39.9 Å². The lowest BCUT2D eigenvalue weighted by atomic mass is 9.95. The number of carbonyl (C=O) groups is 4. The Morgan fingerprint density at radius 3 is 2.50 bits per heavy atom. The van der Waals surface area contributed by atoms with Crippen LogP contribution in [0.15, 0.2) is 24.3 Å². The zero-order valence-corrected chi connectivity index (χ0v) is 15.1. The van der Waals surface area contributed by atoms with Crippen molar-refractivity contribution in [2.45, 2.75) is 31.2 Å². The van der Waals surface area contributed by atoms with Gasteiger partial charge in [-0.2, -0.15) is 0 Å². The molecule has 0 spiro atoms. The third kappa shape index (κ3) is 3.15. The number of Topliss-reactive ketones (excluding diaryl/α,β-unsaturated/α-hetero) is 1. The lowest BCUT2D eigenvalue weighted by Gasteiger charge is -2.46. The molecular formula is C17H17N3O8. The summed E-state index contributed by atoms with van der Waals surface area (Å²) in [6.45, 7) is -0.196. The minimum Gasteiger partial charge on any atom is -0.459 e. The van der Waals surface area contributed by atoms with Crippen LogP contribution in [0.3, 0.4) is 0 Å². The van der Waals surface area contributed by atoms with Crippen molar-refractivity contribution in [1.82, 2.24) is 9.80 Å². The second kappa shape index (κ2) is 7.25. The van der Waals surface area contributed by atoms with E-state index in [1.54, 1.807) is 0 Å². The summed E-state index contributed by atoms with van der Waals surface area (Å²) in [6, 6.07) is 2.60. The number of carbonyl (C=O) groups excluding carboxylic acids is 4. The van der Waals surface area contributed by atoms with E-state index in [9.17, 15) is 29.3 Å². The van der Waals surface area contributed by atoms with Gasteiger partial charge in [-0.3, -0.25) is 24.6 Å². The third-order valence-electron chi connectivity index (χ3n) is 4.85. The SMILES string of the molecule is COC(=O)N(C)[C@H]1C(=O)N2C(C(=O)OCc3ccc([N+](=O)[O-])cc3)C(=O)C[C@H]12. The zero-order chi connectivity index (χ0) is 20.6. The Kier molecular flexibility index (Phi) is 4.99. The van der Waals surface area contributed by atoms with E-state index in [4.69, 9.17) is 4.74 Å². The van der Waals surface area contributed by atoms with Crippen LogP contribution in [-0.2, 0) is 30.5 Å². The molecule has 0 radical (unpaired) electrons. The van der Waals surface area contributed by atoms with Crippen LogP contribution >= 0.6 is 0 Å². The molecule has 0 saturated carbocycles. The van der Waals surface area contributed by atoms with Crippen molar-refractivity contribution < 1.29 is 33.6 Å². The van der Waals surface area contributed by atoms with Crippen molar-refractivity contribution in [3.8, 4) is 0 Å². The summed E-state index contributed by atoms with van der Waals surface area (Å²) in [7, 11) is 2.56. The Morgan fingerprint density at radius 1 is 1.29 bits per heavy atom. The van der Waals surface area contributed by atoms with Gasteiger partial charge in [0.1, 0.15) is 12.6 Å². The number of hydrogen-bond acceptors (Lipinski definition) is 8. The van der Waals surface area contributed by atoms with Crippen molar-refractivity contribution in [2.24, 2.45) is 0 Å². The van der Waals surface area contributed by atoms with Crippen molar-refractivity contribution in [3.63, 3.8) is 0 Å². The number of ether oxygens (including phenoxy) is 2. The molecule has 2 heterocycles. The van der Waals surface area contributed by atoms with Gasteiger partial charge in [-0.15, -0.1) is 0 Å². The highest BCUT2D eigenvalue weighted by Gasteiger charge is 2.62. The van der Waals surface area contributed by atoms with E-state index in [1.165, 1.54) is 38.4 Å². The predicted octanol–water partition coefficient (Wildman–Crippen LogP) is 0.257. The number of likely N-dealkylation sites (N-methyl/N-ethyl adjacent to an activating group) is 1. The Balaban J connectivity index is 1.63. The molecule has 0 N–H and O–H groups in total. The first-order chi connectivity index (χ1) is 13.3. The second-order valence-corrected chi connectivity index (χ2v) is 6.44. The van der Waals surface area contributed by atoms with Crippen LogP contribution in [-0.4, -0.2) is 70.8 Å². The van der Waals surface area contributed by atoms with Gasteiger partial charge in [-0.05, 0) is 17.7 Å². The molecule has 28 heavy (non-hydrogen) atoms. The number of nitrogens with zero attached hydrogens (tertiary/aromatic N) is 3. The van der Waals surface area contributed by atoms with Gasteiger partial charge in [-0.25, -0.2) is 9.59 Å². The molecule has 2 saturated heterocycles. The number of β-lactam (4-membered cyclic amide) rings is 1. The van der Waals surface area contributed by atoms with Crippen LogP contribution in [0, 0.1) is 10.1 Å². The smallest absolute Gasteiger partial charge is 0.409 e. The van der Waals surface area contributed by atoms with E-state index in [0.717, 1.165) is 9.80 Å². The van der Waals surface area contributed by atoms with Crippen LogP contribution in [0.1, 0.15) is 12.0 Å². The maximum absolute atomic E-state index is 12.4. The van der Waals surface area contributed by atoms with E-state index in [1.807, 2.05) is 0 Å². The number of benzene rings is 1. The number of ketones is 1. The topological polar surface area (TPSA) is 136 Å². The summed E-state index contributed by atoms with van der Waals surface area (Å²) in [4.78, 5) is 60.9. The van der Waals surface area contributed by atoms with Gasteiger partial charge >= 0.3 is 12.1 Å². The lowest BCUT2D eigenvalue weighted by Crippen LogP contribution is -2.71. The highest BCUT2D eigenvalue weighted by molar-refractivity contribution is 6.12. The molecule has 0 aromatic heterocycles. The number of non-ortho nitro benzene ring substituents is 1. The molecule has 0 aliphatic carbocycles. The van der Waals surface area contributed by atoms with Crippen LogP contribution in [0.5, 0.6) is 0 Å². The molecule has 3 atom stereocenters. The Bertz CT molecular complexity index is 852. The van der Waals surface area contributed by atoms with E-state index in [-0.39, 0.29) is 18.7 Å². The Morgan fingerprint density at radius 2 is 1.93 bits per heavy atom. The third-order valence-corrected chi connectivity index (χ3v) is 4.85. The number of nitro benzene ring substituents is 1. The maximum Gasteiger partial charge on any atom is 0.409 e. The van der Waals surface area contributed by atoms with Crippen molar-refractivity contribution in [2.75, 3.05) is 14.2 Å². The standard InChI is InChI=1S/C17H17N3O8/c1-18(17(24)27-2)13-11-7-12(21)14(19(11)15(13)22)16(23)28-8-9-3-5-10(6-4-9)20(25)26/h3-6,11,13-14H,7-8H2,1-2H3/t11-,13-,14?/m1/s1. The molecule has 11 heteroatoms. The molecule has 2 amide bonds. The van der Waals surface area contributed by atoms with Gasteiger partial charge in [0.25, 0.3) is 5.69 Å². The molecule has 1 aromatic rings. The maximum atomic E-state index is 12.4. The lowest BCUT2D eigenvalue weighted by molar-refractivity contribution is -0.384. The predicted molar refractivity (Wildman–Crippen MR) is 90.9 cm³/mol. The van der Waals surface area contributed by atoms with Gasteiger partial charge in [0.15, 0.2) is 11.8 Å². The molecular weight excluding hydrogens is 374 g/mol. The largest absolute Gasteiger partial charge is 0.459 e. The number of esters is 1. The Hall–Kier alpha value is -3.50. The molecule has 1 unspecified atom stereocenters. The first-order valence-corrected chi connectivity index (χ1v) is 8.32. The first kappa shape index (κ1) is 19.3. The summed E-state index contributed by atoms with van der Waals surface area (Å²) in [5.41, 5.74) is 0.398. The van der Waals surface area contributed by atoms with Gasteiger partial charge in [-0.1, -0.05) is 0 Å². The quantitative estimate of drug-likeness (QED) is 0.229. The average Bonchev–Trinajstić information content (AvgIpc) is 2.98. The number of nitro groups is 1. The Labute approximate surface area is 158 Å². The summed E-state index contributed by atoms with van der Waals surface area (Å²) >= 11 is 0. The highest BCUT2D eigenvalue weighted by atomic mass is 16.6. The molecule has 2 aliphatic heterocycles. The van der Waals surface area contributed by atoms with E-state index >= 15 is 0 Å².